The van der Waals surface area contributed by atoms with E-state index in [9.17, 15) is 9.90 Å². The lowest BCUT2D eigenvalue weighted by Gasteiger charge is -2.41. The van der Waals surface area contributed by atoms with Crippen molar-refractivity contribution in [3.63, 3.8) is 0 Å². The van der Waals surface area contributed by atoms with Gasteiger partial charge in [-0.05, 0) is 71.8 Å². The summed E-state index contributed by atoms with van der Waals surface area (Å²) in [6.07, 6.45) is -0.774. The summed E-state index contributed by atoms with van der Waals surface area (Å²) in [5.74, 6) is 0.995. The van der Waals surface area contributed by atoms with E-state index in [2.05, 4.69) is 20.3 Å². The van der Waals surface area contributed by atoms with Crippen LogP contribution >= 0.6 is 0 Å². The molecule has 3 fully saturated rings. The van der Waals surface area contributed by atoms with Gasteiger partial charge in [-0.25, -0.2) is 19.3 Å². The molecule has 4 aromatic carbocycles. The molecule has 0 spiro atoms. The van der Waals surface area contributed by atoms with Gasteiger partial charge in [-0.1, -0.05) is 72.8 Å². The van der Waals surface area contributed by atoms with Gasteiger partial charge in [-0.15, -0.1) is 0 Å². The Morgan fingerprint density at radius 2 is 1.45 bits per heavy atom. The number of ether oxygens (including phenoxy) is 4. The summed E-state index contributed by atoms with van der Waals surface area (Å²) in [7, 11) is 3.23. The predicted octanol–water partition coefficient (Wildman–Crippen LogP) is 6.23. The second kappa shape index (κ2) is 12.5. The molecule has 2 aliphatic carbocycles. The van der Waals surface area contributed by atoms with Gasteiger partial charge in [0.1, 0.15) is 40.7 Å². The average molecular weight is 714 g/mol. The van der Waals surface area contributed by atoms with E-state index >= 15 is 4.39 Å². The van der Waals surface area contributed by atoms with Gasteiger partial charge in [-0.2, -0.15) is 0 Å². The van der Waals surface area contributed by atoms with Crippen molar-refractivity contribution in [2.45, 2.75) is 48.1 Å². The van der Waals surface area contributed by atoms with Crippen LogP contribution in [0.1, 0.15) is 46.1 Å². The van der Waals surface area contributed by atoms with Crippen LogP contribution in [0.25, 0.3) is 11.2 Å². The third-order valence-corrected chi connectivity index (χ3v) is 11.0. The van der Waals surface area contributed by atoms with Crippen molar-refractivity contribution in [1.82, 2.24) is 19.5 Å². The summed E-state index contributed by atoms with van der Waals surface area (Å²) in [6.45, 7) is 0. The van der Waals surface area contributed by atoms with E-state index < -0.39 is 35.3 Å². The highest BCUT2D eigenvalue weighted by molar-refractivity contribution is 6.06. The molecule has 0 bridgehead atoms. The number of carbonyl (C=O) groups excluding carboxylic acids is 1. The molecular formula is C41H36FN5O6. The molecule has 11 nitrogen and oxygen atoms in total. The summed E-state index contributed by atoms with van der Waals surface area (Å²) >= 11 is 0. The van der Waals surface area contributed by atoms with Crippen molar-refractivity contribution in [3.8, 4) is 11.5 Å². The highest BCUT2D eigenvalue weighted by atomic mass is 19.1. The predicted molar refractivity (Wildman–Crippen MR) is 192 cm³/mol. The Morgan fingerprint density at radius 3 is 2.08 bits per heavy atom. The van der Waals surface area contributed by atoms with E-state index in [1.165, 1.54) is 17.2 Å². The molecule has 12 heteroatoms. The number of fused-ring (bicyclic) bond motifs is 4. The number of hydrogen-bond donors (Lipinski definition) is 2. The highest BCUT2D eigenvalue weighted by Crippen LogP contribution is 2.70. The Hall–Kier alpha value is -5.69. The minimum atomic E-state index is -1.86. The number of alkyl halides is 1. The van der Waals surface area contributed by atoms with Crippen molar-refractivity contribution in [3.05, 3.63) is 144 Å². The highest BCUT2D eigenvalue weighted by Gasteiger charge is 2.81. The van der Waals surface area contributed by atoms with Gasteiger partial charge in [0.05, 0.1) is 20.5 Å². The lowest BCUT2D eigenvalue weighted by Crippen LogP contribution is -2.50. The Morgan fingerprint density at radius 1 is 0.849 bits per heavy atom. The van der Waals surface area contributed by atoms with Gasteiger partial charge >= 0.3 is 0 Å². The van der Waals surface area contributed by atoms with Crippen molar-refractivity contribution in [2.75, 3.05) is 19.5 Å². The molecule has 0 radical (unpaired) electrons. The largest absolute Gasteiger partial charge is 0.497 e. The number of hydrogen-bond acceptors (Lipinski definition) is 9. The van der Waals surface area contributed by atoms with Crippen molar-refractivity contribution in [1.29, 1.82) is 0 Å². The van der Waals surface area contributed by atoms with Crippen LogP contribution in [0.4, 0.5) is 10.2 Å². The minimum absolute atomic E-state index is 0.144. The first kappa shape index (κ1) is 33.2. The molecule has 2 N–H and O–H groups in total. The van der Waals surface area contributed by atoms with E-state index in [-0.39, 0.29) is 35.2 Å². The van der Waals surface area contributed by atoms with E-state index in [1.54, 1.807) is 38.5 Å². The van der Waals surface area contributed by atoms with Gasteiger partial charge < -0.3 is 29.4 Å². The van der Waals surface area contributed by atoms with Gasteiger partial charge in [0.15, 0.2) is 29.4 Å². The summed E-state index contributed by atoms with van der Waals surface area (Å²) in [5.41, 5.74) is -0.679. The molecule has 6 aromatic rings. The molecular weight excluding hydrogens is 677 g/mol. The molecule has 1 aliphatic heterocycles. The normalized spacial score (nSPS) is 25.8. The SMILES string of the molecule is COc1ccc(C(O[C@]23C[C@H]2C[C@]2(O)[C@H](F)[C@H](n4cnc5c(NC(=O)c6ccccc6)ncnc54)O[C@@H]23)(c2ccccc2)c2ccc(OC)cc2)cc1. The number of rotatable bonds is 10. The standard InChI is InChI=1S/C41H36FN5O6/c1-50-30-17-13-27(14-18-30)41(26-11-7-4-8-12-26,28-15-19-31(51-2)20-16-28)53-40-22-29(40)21-39(49)33(42)37(52-38(39)40)47-24-45-32-34(43-23-44-35(32)47)46-36(48)25-9-5-3-6-10-25/h3-20,23-24,29,33,37-38,49H,21-22H2,1-2H3,(H,43,44,46,48)/t29-,33-,37-,38+,39+,40-/m1/s1. The number of halogens is 1. The Kier molecular flexibility index (Phi) is 7.80. The van der Waals surface area contributed by atoms with Crippen LogP contribution in [-0.4, -0.2) is 68.2 Å². The molecule has 6 atom stereocenters. The fraction of sp³-hybridized carbons (Fsp3) is 0.268. The first-order chi connectivity index (χ1) is 25.8. The molecule has 268 valence electrons. The molecule has 2 saturated carbocycles. The Bertz CT molecular complexity index is 2240. The third kappa shape index (κ3) is 5.12. The van der Waals surface area contributed by atoms with Crippen LogP contribution in [0.2, 0.25) is 0 Å². The lowest BCUT2D eigenvalue weighted by atomic mass is 9.79. The second-order valence-electron chi connectivity index (χ2n) is 13.8. The fourth-order valence-electron chi connectivity index (χ4n) is 8.33. The number of nitrogens with one attached hydrogen (secondary N) is 1. The number of carbonyl (C=O) groups is 1. The van der Waals surface area contributed by atoms with E-state index in [0.717, 1.165) is 16.7 Å². The topological polar surface area (TPSA) is 130 Å². The number of aliphatic hydroxyl groups is 1. The Labute approximate surface area is 304 Å². The molecule has 53 heavy (non-hydrogen) atoms. The maximum atomic E-state index is 16.9. The van der Waals surface area contributed by atoms with Crippen molar-refractivity contribution >= 4 is 22.9 Å². The summed E-state index contributed by atoms with van der Waals surface area (Å²) in [5, 5.41) is 15.0. The van der Waals surface area contributed by atoms with Crippen LogP contribution in [0, 0.1) is 5.92 Å². The molecule has 9 rings (SSSR count). The summed E-state index contributed by atoms with van der Waals surface area (Å²) in [4.78, 5) is 26.0. The van der Waals surface area contributed by atoms with Crippen molar-refractivity contribution < 1.29 is 33.2 Å². The molecule has 1 amide bonds. The number of anilines is 1. The van der Waals surface area contributed by atoms with E-state index in [1.807, 2.05) is 84.9 Å². The molecule has 3 heterocycles. The van der Waals surface area contributed by atoms with E-state index in [4.69, 9.17) is 18.9 Å². The van der Waals surface area contributed by atoms with Crippen LogP contribution < -0.4 is 14.8 Å². The van der Waals surface area contributed by atoms with Gasteiger partial charge in [0, 0.05) is 5.56 Å². The maximum Gasteiger partial charge on any atom is 0.256 e. The lowest BCUT2D eigenvalue weighted by molar-refractivity contribution is -0.164. The molecule has 3 aliphatic rings. The van der Waals surface area contributed by atoms with Crippen LogP contribution in [0.3, 0.4) is 0 Å². The van der Waals surface area contributed by atoms with Crippen LogP contribution in [-0.2, 0) is 15.1 Å². The number of amides is 1. The molecule has 2 aromatic heterocycles. The number of methoxy groups -OCH3 is 2. The third-order valence-electron chi connectivity index (χ3n) is 11.0. The van der Waals surface area contributed by atoms with Crippen LogP contribution in [0.15, 0.2) is 122 Å². The summed E-state index contributed by atoms with van der Waals surface area (Å²) in [6, 6.07) is 34.0. The minimum Gasteiger partial charge on any atom is -0.497 e. The second-order valence-corrected chi connectivity index (χ2v) is 13.8. The van der Waals surface area contributed by atoms with Gasteiger partial charge in [-0.3, -0.25) is 9.36 Å². The zero-order valence-corrected chi connectivity index (χ0v) is 28.9. The zero-order valence-electron chi connectivity index (χ0n) is 28.9. The van der Waals surface area contributed by atoms with Crippen molar-refractivity contribution in [2.24, 2.45) is 5.92 Å². The smallest absolute Gasteiger partial charge is 0.256 e. The number of nitrogens with zero attached hydrogens (tertiary/aromatic N) is 4. The van der Waals surface area contributed by atoms with Gasteiger partial charge in [0.2, 0.25) is 0 Å². The monoisotopic (exact) mass is 713 g/mol. The zero-order chi connectivity index (χ0) is 36.4. The first-order valence-corrected chi connectivity index (χ1v) is 17.4. The first-order valence-electron chi connectivity index (χ1n) is 17.4. The maximum absolute atomic E-state index is 16.9. The molecule has 1 saturated heterocycles. The number of imidazole rings is 1. The number of aromatic nitrogens is 4. The molecule has 0 unspecified atom stereocenters. The fourth-order valence-corrected chi connectivity index (χ4v) is 8.33. The van der Waals surface area contributed by atoms with E-state index in [0.29, 0.717) is 23.5 Å². The van der Waals surface area contributed by atoms with Crippen LogP contribution in [0.5, 0.6) is 11.5 Å². The number of benzene rings is 4. The quantitative estimate of drug-likeness (QED) is 0.159. The van der Waals surface area contributed by atoms with Gasteiger partial charge in [0.25, 0.3) is 5.91 Å². The summed E-state index contributed by atoms with van der Waals surface area (Å²) < 4.78 is 43.5. The average Bonchev–Trinajstić information content (AvgIpc) is 3.43. The Balaban J connectivity index is 1.10.